The molecule has 5 nitrogen and oxygen atoms in total. The maximum Gasteiger partial charge on any atom is 0.0990 e. The molecule has 0 aromatic carbocycles. The summed E-state index contributed by atoms with van der Waals surface area (Å²) in [6, 6.07) is 1.78. The van der Waals surface area contributed by atoms with Crippen molar-refractivity contribution in [2.45, 2.75) is 12.2 Å². The van der Waals surface area contributed by atoms with E-state index in [-0.39, 0.29) is 0 Å². The van der Waals surface area contributed by atoms with Crippen LogP contribution >= 0.6 is 0 Å². The van der Waals surface area contributed by atoms with Gasteiger partial charge in [0.1, 0.15) is 0 Å². The summed E-state index contributed by atoms with van der Waals surface area (Å²) in [5.74, 6) is 0. The molecule has 0 radical (unpaired) electrons. The molecule has 0 saturated carbocycles. The van der Waals surface area contributed by atoms with Gasteiger partial charge in [-0.1, -0.05) is 0 Å². The number of rotatable bonds is 1. The van der Waals surface area contributed by atoms with Gasteiger partial charge in [0.05, 0.1) is 29.8 Å². The number of hydrogen-bond acceptors (Lipinski definition) is 5. The molecule has 1 fully saturated rings. The van der Waals surface area contributed by atoms with Gasteiger partial charge >= 0.3 is 0 Å². The molecule has 1 aliphatic rings. The Morgan fingerprint density at radius 3 is 2.50 bits per heavy atom. The lowest BCUT2D eigenvalue weighted by Gasteiger charge is -2.17. The molecule has 0 aliphatic carbocycles. The number of aliphatic hydroxyl groups is 2. The third-order valence-corrected chi connectivity index (χ3v) is 2.37. The molecule has 1 aromatic heterocycles. The quantitative estimate of drug-likeness (QED) is 0.547. The number of nitrogens with zero attached hydrogens (tertiary/aromatic N) is 2. The van der Waals surface area contributed by atoms with Crippen molar-refractivity contribution in [3.05, 3.63) is 18.5 Å². The fourth-order valence-corrected chi connectivity index (χ4v) is 1.60. The minimum atomic E-state index is -0.684. The van der Waals surface area contributed by atoms with Crippen molar-refractivity contribution in [2.24, 2.45) is 0 Å². The minimum Gasteiger partial charge on any atom is -0.397 e. The van der Waals surface area contributed by atoms with Crippen LogP contribution in [0.25, 0.3) is 0 Å². The van der Waals surface area contributed by atoms with E-state index in [9.17, 15) is 10.2 Å². The number of hydrogen-bond donors (Lipinski definition) is 3. The van der Waals surface area contributed by atoms with E-state index >= 15 is 0 Å². The molecule has 0 unspecified atom stereocenters. The average Bonchev–Trinajstić information content (AvgIpc) is 2.47. The molecule has 14 heavy (non-hydrogen) atoms. The number of aromatic nitrogens is 1. The first kappa shape index (κ1) is 9.23. The molecule has 2 rings (SSSR count). The van der Waals surface area contributed by atoms with Crippen LogP contribution in [0.4, 0.5) is 11.4 Å². The van der Waals surface area contributed by atoms with Crippen LogP contribution in [0.1, 0.15) is 0 Å². The molecule has 1 aliphatic heterocycles. The van der Waals surface area contributed by atoms with E-state index in [0.717, 1.165) is 5.69 Å². The number of aliphatic hydroxyl groups excluding tert-OH is 2. The smallest absolute Gasteiger partial charge is 0.0990 e. The van der Waals surface area contributed by atoms with Crippen molar-refractivity contribution in [1.29, 1.82) is 0 Å². The minimum absolute atomic E-state index is 0.423. The second kappa shape index (κ2) is 3.43. The van der Waals surface area contributed by atoms with Crippen molar-refractivity contribution < 1.29 is 10.2 Å². The van der Waals surface area contributed by atoms with Gasteiger partial charge in [0, 0.05) is 19.3 Å². The summed E-state index contributed by atoms with van der Waals surface area (Å²) >= 11 is 0. The molecular weight excluding hydrogens is 182 g/mol. The Hall–Kier alpha value is -1.33. The van der Waals surface area contributed by atoms with Crippen LogP contribution in [0.15, 0.2) is 18.5 Å². The number of nitrogens with two attached hydrogens (primary N) is 1. The Kier molecular flexibility index (Phi) is 2.26. The lowest BCUT2D eigenvalue weighted by Crippen LogP contribution is -2.22. The molecule has 5 heteroatoms. The zero-order valence-electron chi connectivity index (χ0n) is 7.67. The highest BCUT2D eigenvalue weighted by atomic mass is 16.3. The fourth-order valence-electron chi connectivity index (χ4n) is 1.60. The van der Waals surface area contributed by atoms with Crippen molar-refractivity contribution in [3.8, 4) is 0 Å². The van der Waals surface area contributed by atoms with Crippen LogP contribution in [-0.4, -0.2) is 40.5 Å². The number of β-amino-alcohol motifs (C(OH)–C–C–N with tert-alkyl or cyclic N) is 2. The van der Waals surface area contributed by atoms with Crippen LogP contribution in [-0.2, 0) is 0 Å². The van der Waals surface area contributed by atoms with E-state index in [1.54, 1.807) is 18.5 Å². The maximum absolute atomic E-state index is 9.36. The third kappa shape index (κ3) is 1.64. The van der Waals surface area contributed by atoms with E-state index in [1.807, 2.05) is 4.90 Å². The molecular formula is C9H13N3O2. The highest BCUT2D eigenvalue weighted by Gasteiger charge is 2.29. The van der Waals surface area contributed by atoms with Gasteiger partial charge in [0.2, 0.25) is 0 Å². The van der Waals surface area contributed by atoms with Crippen molar-refractivity contribution in [2.75, 3.05) is 23.7 Å². The summed E-state index contributed by atoms with van der Waals surface area (Å²) in [4.78, 5) is 5.81. The summed E-state index contributed by atoms with van der Waals surface area (Å²) in [5, 5.41) is 18.7. The Labute approximate surface area is 81.8 Å². The molecule has 1 aromatic rings. The van der Waals surface area contributed by atoms with E-state index in [0.29, 0.717) is 18.8 Å². The Bertz CT molecular complexity index is 322. The van der Waals surface area contributed by atoms with Gasteiger partial charge in [0.25, 0.3) is 0 Å². The van der Waals surface area contributed by atoms with E-state index in [2.05, 4.69) is 4.98 Å². The molecule has 76 valence electrons. The highest BCUT2D eigenvalue weighted by molar-refractivity contribution is 5.54. The van der Waals surface area contributed by atoms with Crippen LogP contribution in [0.5, 0.6) is 0 Å². The number of nitrogen functional groups attached to an aromatic ring is 1. The van der Waals surface area contributed by atoms with Crippen molar-refractivity contribution in [1.82, 2.24) is 4.98 Å². The summed E-state index contributed by atoms with van der Waals surface area (Å²) in [6.45, 7) is 0.846. The fraction of sp³-hybridized carbons (Fsp3) is 0.444. The molecule has 0 bridgehead atoms. The van der Waals surface area contributed by atoms with E-state index in [4.69, 9.17) is 5.73 Å². The summed E-state index contributed by atoms with van der Waals surface area (Å²) in [7, 11) is 0. The SMILES string of the molecule is Nc1cncc(N2C[C@@H](O)[C@@H](O)C2)c1. The van der Waals surface area contributed by atoms with Crippen molar-refractivity contribution >= 4 is 11.4 Å². The molecule has 2 atom stereocenters. The lowest BCUT2D eigenvalue weighted by atomic mass is 10.3. The molecule has 0 amide bonds. The predicted molar refractivity (Wildman–Crippen MR) is 52.9 cm³/mol. The first-order chi connectivity index (χ1) is 6.66. The lowest BCUT2D eigenvalue weighted by molar-refractivity contribution is 0.0572. The van der Waals surface area contributed by atoms with Crippen molar-refractivity contribution in [3.63, 3.8) is 0 Å². The Balaban J connectivity index is 2.17. The average molecular weight is 195 g/mol. The van der Waals surface area contributed by atoms with Gasteiger partial charge in [0.15, 0.2) is 0 Å². The standard InChI is InChI=1S/C9H13N3O2/c10-6-1-7(3-11-2-6)12-4-8(13)9(14)5-12/h1-3,8-9,13-14H,4-5,10H2/t8-,9+. The second-order valence-corrected chi connectivity index (χ2v) is 3.52. The van der Waals surface area contributed by atoms with Gasteiger partial charge < -0.3 is 20.8 Å². The van der Waals surface area contributed by atoms with Crippen LogP contribution < -0.4 is 10.6 Å². The van der Waals surface area contributed by atoms with Gasteiger partial charge in [-0.3, -0.25) is 4.98 Å². The molecule has 0 spiro atoms. The topological polar surface area (TPSA) is 82.6 Å². The first-order valence-corrected chi connectivity index (χ1v) is 4.48. The summed E-state index contributed by atoms with van der Waals surface area (Å²) in [6.07, 6.45) is 1.86. The second-order valence-electron chi connectivity index (χ2n) is 3.52. The van der Waals surface area contributed by atoms with Crippen LogP contribution in [0.3, 0.4) is 0 Å². The highest BCUT2D eigenvalue weighted by Crippen LogP contribution is 2.21. The van der Waals surface area contributed by atoms with Crippen LogP contribution in [0.2, 0.25) is 0 Å². The monoisotopic (exact) mass is 195 g/mol. The zero-order valence-corrected chi connectivity index (χ0v) is 7.67. The van der Waals surface area contributed by atoms with Gasteiger partial charge in [-0.05, 0) is 6.07 Å². The van der Waals surface area contributed by atoms with Gasteiger partial charge in [-0.25, -0.2) is 0 Å². The molecule has 1 saturated heterocycles. The third-order valence-electron chi connectivity index (χ3n) is 2.37. The van der Waals surface area contributed by atoms with E-state index < -0.39 is 12.2 Å². The van der Waals surface area contributed by atoms with Gasteiger partial charge in [-0.2, -0.15) is 0 Å². The number of pyridine rings is 1. The molecule has 2 heterocycles. The van der Waals surface area contributed by atoms with Crippen LogP contribution in [0, 0.1) is 0 Å². The Morgan fingerprint density at radius 1 is 1.29 bits per heavy atom. The Morgan fingerprint density at radius 2 is 1.93 bits per heavy atom. The maximum atomic E-state index is 9.36. The first-order valence-electron chi connectivity index (χ1n) is 4.48. The largest absolute Gasteiger partial charge is 0.397 e. The zero-order chi connectivity index (χ0) is 10.1. The number of anilines is 2. The summed E-state index contributed by atoms with van der Waals surface area (Å²) in [5.41, 5.74) is 7.00. The molecule has 4 N–H and O–H groups in total. The summed E-state index contributed by atoms with van der Waals surface area (Å²) < 4.78 is 0. The predicted octanol–water partition coefficient (Wildman–Crippen LogP) is -0.794. The van der Waals surface area contributed by atoms with Gasteiger partial charge in [-0.15, -0.1) is 0 Å². The normalized spacial score (nSPS) is 26.9. The van der Waals surface area contributed by atoms with E-state index in [1.165, 1.54) is 0 Å².